The van der Waals surface area contributed by atoms with E-state index in [1.807, 2.05) is 42.7 Å². The van der Waals surface area contributed by atoms with Gasteiger partial charge in [0.2, 0.25) is 5.91 Å². The maximum absolute atomic E-state index is 13.0. The van der Waals surface area contributed by atoms with Crippen molar-refractivity contribution < 1.29 is 9.18 Å². The van der Waals surface area contributed by atoms with Gasteiger partial charge in [-0.3, -0.25) is 14.5 Å². The van der Waals surface area contributed by atoms with Crippen LogP contribution in [0.2, 0.25) is 0 Å². The second-order valence-corrected chi connectivity index (χ2v) is 6.85. The third kappa shape index (κ3) is 4.68. The smallest absolute Gasteiger partial charge is 0.222 e. The van der Waals surface area contributed by atoms with E-state index in [0.717, 1.165) is 16.7 Å². The second-order valence-electron chi connectivity index (χ2n) is 6.46. The van der Waals surface area contributed by atoms with Crippen LogP contribution in [0.1, 0.15) is 30.5 Å². The van der Waals surface area contributed by atoms with Crippen LogP contribution in [0, 0.1) is 17.5 Å². The summed E-state index contributed by atoms with van der Waals surface area (Å²) in [5.41, 5.74) is 2.95. The summed E-state index contributed by atoms with van der Waals surface area (Å²) in [6.45, 7) is 4.31. The van der Waals surface area contributed by atoms with Crippen molar-refractivity contribution in [2.45, 2.75) is 32.9 Å². The Bertz CT molecular complexity index is 976. The highest BCUT2D eigenvalue weighted by Gasteiger charge is 2.13. The molecular formula is C20H21FN4OS. The molecule has 0 fully saturated rings. The van der Waals surface area contributed by atoms with Gasteiger partial charge in [0.25, 0.3) is 0 Å². The molecule has 0 aliphatic heterocycles. The summed E-state index contributed by atoms with van der Waals surface area (Å²) in [4.78, 5) is 12.3. The lowest BCUT2D eigenvalue weighted by molar-refractivity contribution is -0.121. The lowest BCUT2D eigenvalue weighted by Crippen LogP contribution is -2.27. The lowest BCUT2D eigenvalue weighted by Gasteiger charge is -2.15. The SMILES string of the molecule is Cc1ccc(-c2n[nH]c(=S)n2CCC(=O)N[C@@H](C)c2ccc(F)cc2)cc1. The van der Waals surface area contributed by atoms with Gasteiger partial charge in [-0.1, -0.05) is 42.0 Å². The molecule has 0 aliphatic rings. The van der Waals surface area contributed by atoms with E-state index in [1.54, 1.807) is 12.1 Å². The first-order chi connectivity index (χ1) is 12.9. The molecule has 140 valence electrons. The van der Waals surface area contributed by atoms with Gasteiger partial charge in [-0.05, 0) is 43.8 Å². The Hall–Kier alpha value is -2.80. The van der Waals surface area contributed by atoms with E-state index in [1.165, 1.54) is 12.1 Å². The minimum atomic E-state index is -0.296. The van der Waals surface area contributed by atoms with E-state index >= 15 is 0 Å². The molecule has 0 saturated heterocycles. The number of H-pyrrole nitrogens is 1. The molecule has 2 N–H and O–H groups in total. The first kappa shape index (κ1) is 19.0. The fourth-order valence-electron chi connectivity index (χ4n) is 2.81. The lowest BCUT2D eigenvalue weighted by atomic mass is 10.1. The number of amides is 1. The molecule has 1 atom stereocenters. The normalized spacial score (nSPS) is 12.0. The Balaban J connectivity index is 1.65. The van der Waals surface area contributed by atoms with Crippen molar-refractivity contribution >= 4 is 18.1 Å². The van der Waals surface area contributed by atoms with Gasteiger partial charge in [-0.15, -0.1) is 0 Å². The predicted molar refractivity (Wildman–Crippen MR) is 105 cm³/mol. The van der Waals surface area contributed by atoms with Crippen molar-refractivity contribution in [2.75, 3.05) is 0 Å². The summed E-state index contributed by atoms with van der Waals surface area (Å²) in [6, 6.07) is 13.9. The van der Waals surface area contributed by atoms with E-state index in [2.05, 4.69) is 15.5 Å². The summed E-state index contributed by atoms with van der Waals surface area (Å²) in [6.07, 6.45) is 0.262. The first-order valence-electron chi connectivity index (χ1n) is 8.71. The average molecular weight is 384 g/mol. The van der Waals surface area contributed by atoms with Gasteiger partial charge in [-0.25, -0.2) is 4.39 Å². The fraction of sp³-hybridized carbons (Fsp3) is 0.250. The van der Waals surface area contributed by atoms with E-state index in [0.29, 0.717) is 17.1 Å². The number of hydrogen-bond acceptors (Lipinski definition) is 3. The molecule has 0 bridgehead atoms. The zero-order chi connectivity index (χ0) is 19.4. The van der Waals surface area contributed by atoms with Gasteiger partial charge in [-0.2, -0.15) is 5.10 Å². The van der Waals surface area contributed by atoms with Gasteiger partial charge < -0.3 is 5.32 Å². The van der Waals surface area contributed by atoms with E-state index in [9.17, 15) is 9.18 Å². The van der Waals surface area contributed by atoms with Gasteiger partial charge in [0, 0.05) is 18.5 Å². The molecule has 0 aliphatic carbocycles. The molecule has 0 spiro atoms. The van der Waals surface area contributed by atoms with Crippen LogP contribution in [0.4, 0.5) is 4.39 Å². The highest BCUT2D eigenvalue weighted by atomic mass is 32.1. The minimum absolute atomic E-state index is 0.107. The van der Waals surface area contributed by atoms with Crippen molar-refractivity contribution in [1.29, 1.82) is 0 Å². The molecule has 3 aromatic rings. The molecule has 5 nitrogen and oxygen atoms in total. The third-order valence-corrected chi connectivity index (χ3v) is 4.69. The summed E-state index contributed by atoms with van der Waals surface area (Å²) in [7, 11) is 0. The van der Waals surface area contributed by atoms with Crippen molar-refractivity contribution in [3.05, 3.63) is 70.2 Å². The monoisotopic (exact) mass is 384 g/mol. The summed E-state index contributed by atoms with van der Waals surface area (Å²) in [5.74, 6) is 0.305. The highest BCUT2D eigenvalue weighted by Crippen LogP contribution is 2.18. The third-order valence-electron chi connectivity index (χ3n) is 4.38. The van der Waals surface area contributed by atoms with Crippen molar-refractivity contribution in [3.8, 4) is 11.4 Å². The molecule has 0 unspecified atom stereocenters. The molecule has 0 saturated carbocycles. The number of nitrogens with zero attached hydrogens (tertiary/aromatic N) is 2. The van der Waals surface area contributed by atoms with Gasteiger partial charge in [0.15, 0.2) is 10.6 Å². The van der Waals surface area contributed by atoms with E-state index in [4.69, 9.17) is 12.2 Å². The van der Waals surface area contributed by atoms with Gasteiger partial charge in [0.05, 0.1) is 6.04 Å². The van der Waals surface area contributed by atoms with Crippen molar-refractivity contribution in [2.24, 2.45) is 0 Å². The number of aromatic nitrogens is 3. The Morgan fingerprint density at radius 3 is 2.56 bits per heavy atom. The molecule has 3 rings (SSSR count). The Kier molecular flexibility index (Phi) is 5.81. The van der Waals surface area contributed by atoms with Crippen LogP contribution in [0.25, 0.3) is 11.4 Å². The predicted octanol–water partition coefficient (Wildman–Crippen LogP) is 4.32. The van der Waals surface area contributed by atoms with E-state index < -0.39 is 0 Å². The topological polar surface area (TPSA) is 62.7 Å². The molecule has 7 heteroatoms. The Labute approximate surface area is 162 Å². The number of carbonyl (C=O) groups excluding carboxylic acids is 1. The maximum atomic E-state index is 13.0. The number of carbonyl (C=O) groups is 1. The van der Waals surface area contributed by atoms with Crippen LogP contribution >= 0.6 is 12.2 Å². The maximum Gasteiger partial charge on any atom is 0.222 e. The zero-order valence-electron chi connectivity index (χ0n) is 15.2. The number of halogens is 1. The Morgan fingerprint density at radius 1 is 1.22 bits per heavy atom. The number of nitrogens with one attached hydrogen (secondary N) is 2. The van der Waals surface area contributed by atoms with Crippen LogP contribution in [0.5, 0.6) is 0 Å². The minimum Gasteiger partial charge on any atom is -0.350 e. The first-order valence-corrected chi connectivity index (χ1v) is 9.12. The number of rotatable bonds is 6. The van der Waals surface area contributed by atoms with Gasteiger partial charge >= 0.3 is 0 Å². The molecular weight excluding hydrogens is 363 g/mol. The molecule has 2 aromatic carbocycles. The van der Waals surface area contributed by atoms with Crippen LogP contribution in [-0.4, -0.2) is 20.7 Å². The van der Waals surface area contributed by atoms with Crippen molar-refractivity contribution in [1.82, 2.24) is 20.1 Å². The number of hydrogen-bond donors (Lipinski definition) is 2. The highest BCUT2D eigenvalue weighted by molar-refractivity contribution is 7.71. The molecule has 1 aromatic heterocycles. The van der Waals surface area contributed by atoms with Crippen LogP contribution < -0.4 is 5.32 Å². The quantitative estimate of drug-likeness (QED) is 0.622. The van der Waals surface area contributed by atoms with Crippen molar-refractivity contribution in [3.63, 3.8) is 0 Å². The number of aryl methyl sites for hydroxylation is 1. The van der Waals surface area contributed by atoms with Crippen LogP contribution in [0.15, 0.2) is 48.5 Å². The molecule has 1 heterocycles. The molecule has 27 heavy (non-hydrogen) atoms. The zero-order valence-corrected chi connectivity index (χ0v) is 16.0. The van der Waals surface area contributed by atoms with E-state index in [-0.39, 0.29) is 24.2 Å². The average Bonchev–Trinajstić information content (AvgIpc) is 3.01. The Morgan fingerprint density at radius 2 is 1.89 bits per heavy atom. The fourth-order valence-corrected chi connectivity index (χ4v) is 3.03. The molecule has 1 amide bonds. The van der Waals surface area contributed by atoms with Crippen LogP contribution in [0.3, 0.4) is 0 Å². The summed E-state index contributed by atoms with van der Waals surface area (Å²) < 4.78 is 15.3. The standard InChI is InChI=1S/C20H21FN4OS/c1-13-3-5-16(6-4-13)19-23-24-20(27)25(19)12-11-18(26)22-14(2)15-7-9-17(21)10-8-15/h3-10,14H,11-12H2,1-2H3,(H,22,26)(H,24,27)/t14-/m0/s1. The summed E-state index contributed by atoms with van der Waals surface area (Å²) in [5, 5.41) is 10.0. The largest absolute Gasteiger partial charge is 0.350 e. The number of aromatic amines is 1. The van der Waals surface area contributed by atoms with Crippen LogP contribution in [-0.2, 0) is 11.3 Å². The second kappa shape index (κ2) is 8.26. The van der Waals surface area contributed by atoms with Gasteiger partial charge in [0.1, 0.15) is 5.82 Å². The molecule has 0 radical (unpaired) electrons. The number of benzene rings is 2. The summed E-state index contributed by atoms with van der Waals surface area (Å²) >= 11 is 5.30.